The van der Waals surface area contributed by atoms with Crippen LogP contribution in [0.2, 0.25) is 0 Å². The molecule has 14 heavy (non-hydrogen) atoms. The van der Waals surface area contributed by atoms with Crippen LogP contribution in [0, 0.1) is 0 Å². The van der Waals surface area contributed by atoms with Crippen LogP contribution in [0.15, 0.2) is 12.4 Å². The first-order valence-corrected chi connectivity index (χ1v) is 5.66. The lowest BCUT2D eigenvalue weighted by Gasteiger charge is -2.02. The molecule has 0 bridgehead atoms. The normalized spacial score (nSPS) is 10.4. The number of nitrogens with zero attached hydrogens (tertiary/aromatic N) is 2. The topological polar surface area (TPSA) is 25.8 Å². The maximum absolute atomic E-state index is 4.27. The summed E-state index contributed by atoms with van der Waals surface area (Å²) in [6, 6.07) is 2.16. The van der Waals surface area contributed by atoms with E-state index in [2.05, 4.69) is 29.9 Å². The Bertz CT molecular complexity index is 235. The van der Waals surface area contributed by atoms with Gasteiger partial charge in [0.2, 0.25) is 0 Å². The Balaban J connectivity index is 2.50. The van der Waals surface area contributed by atoms with Crippen LogP contribution in [-0.4, -0.2) is 9.97 Å². The number of unbranched alkanes of at least 4 members (excludes halogenated alkanes) is 2. The molecule has 0 aromatic carbocycles. The molecule has 1 rings (SSSR count). The Hall–Kier alpha value is -0.920. The standard InChI is InChI=1S/C12H20N2/c1-3-5-7-11-9-12(8-6-4-2)14-10-13-11/h9-10H,3-8H2,1-2H3. The van der Waals surface area contributed by atoms with Crippen molar-refractivity contribution in [1.29, 1.82) is 0 Å². The summed E-state index contributed by atoms with van der Waals surface area (Å²) < 4.78 is 0. The maximum atomic E-state index is 4.27. The van der Waals surface area contributed by atoms with E-state index in [0.717, 1.165) is 12.8 Å². The molecule has 2 nitrogen and oxygen atoms in total. The molecule has 0 radical (unpaired) electrons. The molecule has 0 atom stereocenters. The predicted molar refractivity (Wildman–Crippen MR) is 59.3 cm³/mol. The lowest BCUT2D eigenvalue weighted by molar-refractivity contribution is 0.747. The third-order valence-corrected chi connectivity index (χ3v) is 2.35. The van der Waals surface area contributed by atoms with Gasteiger partial charge in [-0.2, -0.15) is 0 Å². The Morgan fingerprint density at radius 3 is 1.86 bits per heavy atom. The van der Waals surface area contributed by atoms with E-state index in [-0.39, 0.29) is 0 Å². The van der Waals surface area contributed by atoms with E-state index in [1.54, 1.807) is 6.33 Å². The first-order valence-electron chi connectivity index (χ1n) is 5.66. The summed E-state index contributed by atoms with van der Waals surface area (Å²) in [5, 5.41) is 0. The second-order valence-corrected chi connectivity index (χ2v) is 3.71. The minimum absolute atomic E-state index is 1.10. The molecule has 1 heterocycles. The van der Waals surface area contributed by atoms with E-state index in [4.69, 9.17) is 0 Å². The summed E-state index contributed by atoms with van der Waals surface area (Å²) in [6.45, 7) is 4.42. The van der Waals surface area contributed by atoms with Crippen molar-refractivity contribution in [3.8, 4) is 0 Å². The van der Waals surface area contributed by atoms with Gasteiger partial charge in [-0.1, -0.05) is 26.7 Å². The van der Waals surface area contributed by atoms with Crippen LogP contribution in [0.5, 0.6) is 0 Å². The molecular weight excluding hydrogens is 172 g/mol. The fourth-order valence-corrected chi connectivity index (χ4v) is 1.43. The van der Waals surface area contributed by atoms with Gasteiger partial charge in [0.05, 0.1) is 0 Å². The van der Waals surface area contributed by atoms with E-state index in [1.165, 1.54) is 37.1 Å². The molecule has 0 saturated carbocycles. The molecule has 0 aliphatic rings. The van der Waals surface area contributed by atoms with E-state index >= 15 is 0 Å². The van der Waals surface area contributed by atoms with Crippen LogP contribution >= 0.6 is 0 Å². The molecule has 78 valence electrons. The SMILES string of the molecule is CCCCc1cc(CCCC)ncn1. The van der Waals surface area contributed by atoms with E-state index in [0.29, 0.717) is 0 Å². The van der Waals surface area contributed by atoms with Gasteiger partial charge in [0, 0.05) is 11.4 Å². The molecule has 1 aromatic rings. The van der Waals surface area contributed by atoms with Crippen LogP contribution in [-0.2, 0) is 12.8 Å². The highest BCUT2D eigenvalue weighted by molar-refractivity contribution is 5.08. The van der Waals surface area contributed by atoms with Gasteiger partial charge in [-0.15, -0.1) is 0 Å². The second kappa shape index (κ2) is 6.52. The molecule has 2 heteroatoms. The molecule has 0 saturated heterocycles. The van der Waals surface area contributed by atoms with Crippen molar-refractivity contribution in [3.63, 3.8) is 0 Å². The Kier molecular flexibility index (Phi) is 5.20. The maximum Gasteiger partial charge on any atom is 0.115 e. The zero-order chi connectivity index (χ0) is 10.2. The molecular formula is C12H20N2. The molecule has 0 fully saturated rings. The quantitative estimate of drug-likeness (QED) is 0.692. The molecule has 0 aliphatic carbocycles. The summed E-state index contributed by atoms with van der Waals surface area (Å²) in [5.41, 5.74) is 2.40. The van der Waals surface area contributed by atoms with Crippen molar-refractivity contribution < 1.29 is 0 Å². The number of aryl methyl sites for hydroxylation is 2. The molecule has 0 amide bonds. The van der Waals surface area contributed by atoms with Crippen LogP contribution < -0.4 is 0 Å². The van der Waals surface area contributed by atoms with E-state index < -0.39 is 0 Å². The third-order valence-electron chi connectivity index (χ3n) is 2.35. The fraction of sp³-hybridized carbons (Fsp3) is 0.667. The highest BCUT2D eigenvalue weighted by Gasteiger charge is 1.98. The van der Waals surface area contributed by atoms with Crippen molar-refractivity contribution in [2.45, 2.75) is 52.4 Å². The average molecular weight is 192 g/mol. The van der Waals surface area contributed by atoms with Crippen molar-refractivity contribution >= 4 is 0 Å². The largest absolute Gasteiger partial charge is 0.241 e. The summed E-state index contributed by atoms with van der Waals surface area (Å²) in [5.74, 6) is 0. The molecule has 0 N–H and O–H groups in total. The lowest BCUT2D eigenvalue weighted by Crippen LogP contribution is -1.96. The van der Waals surface area contributed by atoms with Gasteiger partial charge in [0.15, 0.2) is 0 Å². The lowest BCUT2D eigenvalue weighted by atomic mass is 10.1. The zero-order valence-electron chi connectivity index (χ0n) is 9.29. The van der Waals surface area contributed by atoms with E-state index in [1.807, 2.05) is 0 Å². The molecule has 0 spiro atoms. The van der Waals surface area contributed by atoms with Crippen LogP contribution in [0.3, 0.4) is 0 Å². The minimum Gasteiger partial charge on any atom is -0.241 e. The first kappa shape index (κ1) is 11.2. The van der Waals surface area contributed by atoms with Crippen molar-refractivity contribution in [1.82, 2.24) is 9.97 Å². The average Bonchev–Trinajstić information content (AvgIpc) is 2.24. The smallest absolute Gasteiger partial charge is 0.115 e. The number of hydrogen-bond acceptors (Lipinski definition) is 2. The molecule has 1 aromatic heterocycles. The Morgan fingerprint density at radius 2 is 1.43 bits per heavy atom. The van der Waals surface area contributed by atoms with Gasteiger partial charge in [-0.05, 0) is 31.7 Å². The van der Waals surface area contributed by atoms with Crippen molar-refractivity contribution in [3.05, 3.63) is 23.8 Å². The predicted octanol–water partition coefficient (Wildman–Crippen LogP) is 3.16. The monoisotopic (exact) mass is 192 g/mol. The Labute approximate surface area is 86.8 Å². The molecule has 0 aliphatic heterocycles. The van der Waals surface area contributed by atoms with E-state index in [9.17, 15) is 0 Å². The summed E-state index contributed by atoms with van der Waals surface area (Å²) in [7, 11) is 0. The highest BCUT2D eigenvalue weighted by atomic mass is 14.8. The van der Waals surface area contributed by atoms with Crippen molar-refractivity contribution in [2.75, 3.05) is 0 Å². The zero-order valence-corrected chi connectivity index (χ0v) is 9.29. The summed E-state index contributed by atoms with van der Waals surface area (Å²) in [4.78, 5) is 8.55. The number of aromatic nitrogens is 2. The van der Waals surface area contributed by atoms with Crippen LogP contribution in [0.1, 0.15) is 50.9 Å². The number of hydrogen-bond donors (Lipinski definition) is 0. The van der Waals surface area contributed by atoms with Gasteiger partial charge >= 0.3 is 0 Å². The minimum atomic E-state index is 1.10. The van der Waals surface area contributed by atoms with Gasteiger partial charge < -0.3 is 0 Å². The Morgan fingerprint density at radius 1 is 0.929 bits per heavy atom. The van der Waals surface area contributed by atoms with Gasteiger partial charge in [0.25, 0.3) is 0 Å². The van der Waals surface area contributed by atoms with Gasteiger partial charge in [-0.25, -0.2) is 9.97 Å². The van der Waals surface area contributed by atoms with Crippen LogP contribution in [0.25, 0.3) is 0 Å². The third kappa shape index (κ3) is 3.86. The highest BCUT2D eigenvalue weighted by Crippen LogP contribution is 2.05. The second-order valence-electron chi connectivity index (χ2n) is 3.71. The summed E-state index contributed by atoms with van der Waals surface area (Å²) >= 11 is 0. The fourth-order valence-electron chi connectivity index (χ4n) is 1.43. The van der Waals surface area contributed by atoms with Gasteiger partial charge in [-0.3, -0.25) is 0 Å². The summed E-state index contributed by atoms with van der Waals surface area (Å²) in [6.07, 6.45) is 8.81. The van der Waals surface area contributed by atoms with Crippen molar-refractivity contribution in [2.24, 2.45) is 0 Å². The number of rotatable bonds is 6. The first-order chi connectivity index (χ1) is 6.86. The van der Waals surface area contributed by atoms with Gasteiger partial charge in [0.1, 0.15) is 6.33 Å². The molecule has 0 unspecified atom stereocenters. The van der Waals surface area contributed by atoms with Crippen LogP contribution in [0.4, 0.5) is 0 Å².